The van der Waals surface area contributed by atoms with Crippen LogP contribution in [-0.2, 0) is 16.1 Å². The molecule has 0 aromatic carbocycles. The molecule has 0 fully saturated rings. The predicted octanol–water partition coefficient (Wildman–Crippen LogP) is 1.19. The minimum absolute atomic E-state index is 0.285. The second kappa shape index (κ2) is 4.73. The number of ether oxygens (including phenoxy) is 1. The molecule has 0 spiro atoms. The van der Waals surface area contributed by atoms with E-state index in [4.69, 9.17) is 17.3 Å². The highest BCUT2D eigenvalue weighted by Crippen LogP contribution is 2.23. The SMILES string of the molecule is COC(=O)C(N)Cn1cc(Cl)c2cccnc21. The van der Waals surface area contributed by atoms with E-state index in [0.29, 0.717) is 10.7 Å². The van der Waals surface area contributed by atoms with Gasteiger partial charge in [-0.3, -0.25) is 4.79 Å². The molecule has 0 saturated carbocycles. The Hall–Kier alpha value is -1.59. The van der Waals surface area contributed by atoms with Crippen LogP contribution in [0.5, 0.6) is 0 Å². The van der Waals surface area contributed by atoms with Crippen LogP contribution in [0.1, 0.15) is 0 Å². The van der Waals surface area contributed by atoms with Crippen LogP contribution in [0.3, 0.4) is 0 Å². The minimum Gasteiger partial charge on any atom is -0.468 e. The third-order valence-corrected chi connectivity index (χ3v) is 2.78. The molecule has 2 rings (SSSR count). The molecule has 0 amide bonds. The van der Waals surface area contributed by atoms with E-state index in [1.807, 2.05) is 6.07 Å². The summed E-state index contributed by atoms with van der Waals surface area (Å²) in [4.78, 5) is 15.5. The summed E-state index contributed by atoms with van der Waals surface area (Å²) in [6, 6.07) is 2.94. The van der Waals surface area contributed by atoms with Gasteiger partial charge in [0.25, 0.3) is 0 Å². The van der Waals surface area contributed by atoms with Gasteiger partial charge in [-0.1, -0.05) is 11.6 Å². The van der Waals surface area contributed by atoms with Crippen molar-refractivity contribution >= 4 is 28.6 Å². The predicted molar refractivity (Wildman–Crippen MR) is 64.7 cm³/mol. The molecule has 2 aromatic rings. The van der Waals surface area contributed by atoms with Crippen LogP contribution in [0.4, 0.5) is 0 Å². The zero-order chi connectivity index (χ0) is 12.4. The number of hydrogen-bond acceptors (Lipinski definition) is 4. The zero-order valence-corrected chi connectivity index (χ0v) is 10.0. The second-order valence-corrected chi connectivity index (χ2v) is 4.04. The Morgan fingerprint density at radius 3 is 3.18 bits per heavy atom. The van der Waals surface area contributed by atoms with Crippen molar-refractivity contribution in [3.63, 3.8) is 0 Å². The van der Waals surface area contributed by atoms with Gasteiger partial charge in [0.05, 0.1) is 18.7 Å². The molecule has 17 heavy (non-hydrogen) atoms. The van der Waals surface area contributed by atoms with Gasteiger partial charge >= 0.3 is 5.97 Å². The lowest BCUT2D eigenvalue weighted by Gasteiger charge is -2.10. The summed E-state index contributed by atoms with van der Waals surface area (Å²) in [5.74, 6) is -0.459. The van der Waals surface area contributed by atoms with Gasteiger partial charge in [0.1, 0.15) is 11.7 Å². The quantitative estimate of drug-likeness (QED) is 0.835. The van der Waals surface area contributed by atoms with Crippen molar-refractivity contribution in [1.29, 1.82) is 0 Å². The highest BCUT2D eigenvalue weighted by atomic mass is 35.5. The highest BCUT2D eigenvalue weighted by Gasteiger charge is 2.16. The van der Waals surface area contributed by atoms with Crippen LogP contribution in [0.2, 0.25) is 5.02 Å². The molecule has 0 aliphatic carbocycles. The standard InChI is InChI=1S/C11H12ClN3O2/c1-17-11(16)9(13)6-15-5-8(12)7-3-2-4-14-10(7)15/h2-5,9H,6,13H2,1H3. The van der Waals surface area contributed by atoms with Crippen LogP contribution >= 0.6 is 11.6 Å². The van der Waals surface area contributed by atoms with E-state index in [9.17, 15) is 4.79 Å². The molecule has 90 valence electrons. The number of pyridine rings is 1. The van der Waals surface area contributed by atoms with Gasteiger partial charge < -0.3 is 15.0 Å². The zero-order valence-electron chi connectivity index (χ0n) is 9.26. The van der Waals surface area contributed by atoms with Crippen molar-refractivity contribution in [2.24, 2.45) is 5.73 Å². The summed E-state index contributed by atoms with van der Waals surface area (Å²) in [5.41, 5.74) is 6.40. The third kappa shape index (κ3) is 2.25. The first kappa shape index (κ1) is 11.9. The van der Waals surface area contributed by atoms with E-state index >= 15 is 0 Å². The first-order valence-electron chi connectivity index (χ1n) is 5.06. The van der Waals surface area contributed by atoms with Crippen LogP contribution in [0, 0.1) is 0 Å². The number of esters is 1. The van der Waals surface area contributed by atoms with Gasteiger partial charge in [0.2, 0.25) is 0 Å². The molecule has 5 nitrogen and oxygen atoms in total. The summed E-state index contributed by atoms with van der Waals surface area (Å²) >= 11 is 6.06. The van der Waals surface area contributed by atoms with Gasteiger partial charge in [0.15, 0.2) is 0 Å². The molecule has 0 bridgehead atoms. The molecule has 0 aliphatic heterocycles. The number of hydrogen-bond donors (Lipinski definition) is 1. The van der Waals surface area contributed by atoms with E-state index < -0.39 is 12.0 Å². The van der Waals surface area contributed by atoms with Crippen molar-refractivity contribution in [2.75, 3.05) is 7.11 Å². The molecule has 2 aromatic heterocycles. The number of nitrogens with zero attached hydrogens (tertiary/aromatic N) is 2. The van der Waals surface area contributed by atoms with Crippen LogP contribution < -0.4 is 5.73 Å². The summed E-state index contributed by atoms with van der Waals surface area (Å²) in [6.07, 6.45) is 3.38. The van der Waals surface area contributed by atoms with Crippen molar-refractivity contribution in [3.8, 4) is 0 Å². The first-order valence-corrected chi connectivity index (χ1v) is 5.44. The third-order valence-electron chi connectivity index (χ3n) is 2.48. The topological polar surface area (TPSA) is 70.1 Å². The van der Waals surface area contributed by atoms with Crippen molar-refractivity contribution < 1.29 is 9.53 Å². The van der Waals surface area contributed by atoms with E-state index in [2.05, 4.69) is 9.72 Å². The normalized spacial score (nSPS) is 12.6. The molecule has 0 saturated heterocycles. The average molecular weight is 254 g/mol. The number of rotatable bonds is 3. The molecule has 6 heteroatoms. The van der Waals surface area contributed by atoms with Crippen molar-refractivity contribution in [2.45, 2.75) is 12.6 Å². The average Bonchev–Trinajstić information content (AvgIpc) is 2.66. The molecule has 1 atom stereocenters. The fraction of sp³-hybridized carbons (Fsp3) is 0.273. The number of fused-ring (bicyclic) bond motifs is 1. The fourth-order valence-electron chi connectivity index (χ4n) is 1.66. The summed E-state index contributed by atoms with van der Waals surface area (Å²) < 4.78 is 6.32. The molecule has 0 radical (unpaired) electrons. The first-order chi connectivity index (χ1) is 8.13. The van der Waals surface area contributed by atoms with Crippen LogP contribution in [-0.4, -0.2) is 28.7 Å². The molecular weight excluding hydrogens is 242 g/mol. The van der Waals surface area contributed by atoms with Gasteiger partial charge in [-0.15, -0.1) is 0 Å². The number of halogens is 1. The lowest BCUT2D eigenvalue weighted by Crippen LogP contribution is -2.35. The van der Waals surface area contributed by atoms with Crippen LogP contribution in [0.15, 0.2) is 24.5 Å². The second-order valence-electron chi connectivity index (χ2n) is 3.63. The number of carbonyl (C=O) groups is 1. The summed E-state index contributed by atoms with van der Waals surface area (Å²) in [7, 11) is 1.31. The van der Waals surface area contributed by atoms with E-state index in [-0.39, 0.29) is 6.54 Å². The summed E-state index contributed by atoms with van der Waals surface area (Å²) in [6.45, 7) is 0.285. The fourth-order valence-corrected chi connectivity index (χ4v) is 1.92. The van der Waals surface area contributed by atoms with Crippen molar-refractivity contribution in [1.82, 2.24) is 9.55 Å². The maximum absolute atomic E-state index is 11.2. The van der Waals surface area contributed by atoms with Gasteiger partial charge in [-0.05, 0) is 12.1 Å². The number of methoxy groups -OCH3 is 1. The van der Waals surface area contributed by atoms with E-state index in [1.54, 1.807) is 23.0 Å². The van der Waals surface area contributed by atoms with Gasteiger partial charge in [-0.25, -0.2) is 4.98 Å². The maximum atomic E-state index is 11.2. The largest absolute Gasteiger partial charge is 0.468 e. The smallest absolute Gasteiger partial charge is 0.324 e. The molecule has 1 unspecified atom stereocenters. The minimum atomic E-state index is -0.728. The van der Waals surface area contributed by atoms with Gasteiger partial charge in [-0.2, -0.15) is 0 Å². The Bertz CT molecular complexity index is 553. The Morgan fingerprint density at radius 1 is 1.71 bits per heavy atom. The molecule has 0 aliphatic rings. The Labute approximate surface area is 103 Å². The monoisotopic (exact) mass is 253 g/mol. The summed E-state index contributed by atoms with van der Waals surface area (Å²) in [5, 5.41) is 1.43. The van der Waals surface area contributed by atoms with Crippen LogP contribution in [0.25, 0.3) is 11.0 Å². The van der Waals surface area contributed by atoms with Gasteiger partial charge in [0, 0.05) is 17.8 Å². The van der Waals surface area contributed by atoms with Crippen molar-refractivity contribution in [3.05, 3.63) is 29.5 Å². The molecule has 2 heterocycles. The lowest BCUT2D eigenvalue weighted by atomic mass is 10.3. The number of carbonyl (C=O) groups excluding carboxylic acids is 1. The Balaban J connectivity index is 2.33. The lowest BCUT2D eigenvalue weighted by molar-refractivity contribution is -0.142. The molecular formula is C11H12ClN3O2. The Morgan fingerprint density at radius 2 is 2.47 bits per heavy atom. The highest BCUT2D eigenvalue weighted by molar-refractivity contribution is 6.35. The van der Waals surface area contributed by atoms with E-state index in [0.717, 1.165) is 5.39 Å². The maximum Gasteiger partial charge on any atom is 0.324 e. The Kier molecular flexibility index (Phi) is 3.31. The number of aromatic nitrogens is 2. The molecule has 2 N–H and O–H groups in total. The number of nitrogens with two attached hydrogens (primary N) is 1. The van der Waals surface area contributed by atoms with E-state index in [1.165, 1.54) is 7.11 Å².